The number of thiocarbonyl (C=S) groups is 1. The van der Waals surface area contributed by atoms with Gasteiger partial charge in [0.25, 0.3) is 5.91 Å². The zero-order chi connectivity index (χ0) is 22.5. The van der Waals surface area contributed by atoms with Crippen LogP contribution in [0.15, 0.2) is 47.4 Å². The van der Waals surface area contributed by atoms with Crippen LogP contribution in [0.2, 0.25) is 0 Å². The van der Waals surface area contributed by atoms with Crippen molar-refractivity contribution in [2.45, 2.75) is 19.8 Å². The van der Waals surface area contributed by atoms with Gasteiger partial charge in [-0.1, -0.05) is 67.0 Å². The van der Waals surface area contributed by atoms with Crippen LogP contribution >= 0.6 is 24.0 Å². The number of rotatable bonds is 7. The molecular formula is C22H19N2O5S2-. The highest BCUT2D eigenvalue weighted by atomic mass is 32.2. The number of nitrogens with zero attached hydrogens (tertiary/aromatic N) is 1. The SMILES string of the molecule is CCc1ccc(/C=C2/SC(=S)N(CCC(=O)Nc3ccc([O-])c(C(=O)O)c3)C2=O)cc1. The Morgan fingerprint density at radius 3 is 2.58 bits per heavy atom. The Morgan fingerprint density at radius 1 is 1.23 bits per heavy atom. The van der Waals surface area contributed by atoms with E-state index < -0.39 is 23.2 Å². The maximum atomic E-state index is 12.7. The molecule has 31 heavy (non-hydrogen) atoms. The second-order valence-corrected chi connectivity index (χ2v) is 8.42. The topological polar surface area (TPSA) is 110 Å². The lowest BCUT2D eigenvalue weighted by Crippen LogP contribution is -2.31. The number of carbonyl (C=O) groups is 3. The smallest absolute Gasteiger partial charge is 0.335 e. The van der Waals surface area contributed by atoms with Gasteiger partial charge >= 0.3 is 5.97 Å². The van der Waals surface area contributed by atoms with Gasteiger partial charge in [0.15, 0.2) is 0 Å². The van der Waals surface area contributed by atoms with Crippen LogP contribution in [0.4, 0.5) is 5.69 Å². The van der Waals surface area contributed by atoms with E-state index in [4.69, 9.17) is 17.3 Å². The first kappa shape index (κ1) is 22.5. The summed E-state index contributed by atoms with van der Waals surface area (Å²) in [6, 6.07) is 11.4. The molecule has 2 aromatic carbocycles. The molecule has 1 saturated heterocycles. The Balaban J connectivity index is 1.61. The molecule has 0 spiro atoms. The van der Waals surface area contributed by atoms with Gasteiger partial charge in [0, 0.05) is 18.7 Å². The maximum Gasteiger partial charge on any atom is 0.335 e. The van der Waals surface area contributed by atoms with Gasteiger partial charge in [0.1, 0.15) is 4.32 Å². The summed E-state index contributed by atoms with van der Waals surface area (Å²) in [7, 11) is 0. The Morgan fingerprint density at radius 2 is 1.94 bits per heavy atom. The van der Waals surface area contributed by atoms with Gasteiger partial charge in [-0.25, -0.2) is 4.79 Å². The molecule has 7 nitrogen and oxygen atoms in total. The number of amides is 2. The molecule has 1 fully saturated rings. The number of hydrogen-bond acceptors (Lipinski definition) is 6. The third-order valence-electron chi connectivity index (χ3n) is 4.62. The largest absolute Gasteiger partial charge is 0.872 e. The molecular weight excluding hydrogens is 436 g/mol. The summed E-state index contributed by atoms with van der Waals surface area (Å²) in [6.07, 6.45) is 2.67. The van der Waals surface area contributed by atoms with E-state index in [1.54, 1.807) is 6.08 Å². The fourth-order valence-corrected chi connectivity index (χ4v) is 4.21. The third-order valence-corrected chi connectivity index (χ3v) is 5.99. The number of aryl methyl sites for hydroxylation is 1. The first-order valence-electron chi connectivity index (χ1n) is 9.47. The highest BCUT2D eigenvalue weighted by molar-refractivity contribution is 8.26. The summed E-state index contributed by atoms with van der Waals surface area (Å²) in [4.78, 5) is 37.8. The fraction of sp³-hybridized carbons (Fsp3) is 0.182. The van der Waals surface area contributed by atoms with Crippen molar-refractivity contribution in [3.8, 4) is 5.75 Å². The van der Waals surface area contributed by atoms with Gasteiger partial charge in [-0.05, 0) is 35.8 Å². The Bertz CT molecular complexity index is 1080. The zero-order valence-corrected chi connectivity index (χ0v) is 18.2. The molecule has 0 aliphatic carbocycles. The molecule has 0 saturated carbocycles. The highest BCUT2D eigenvalue weighted by Crippen LogP contribution is 2.32. The summed E-state index contributed by atoms with van der Waals surface area (Å²) >= 11 is 6.47. The van der Waals surface area contributed by atoms with Crippen LogP contribution in [0.5, 0.6) is 5.75 Å². The van der Waals surface area contributed by atoms with Crippen molar-refractivity contribution >= 4 is 57.8 Å². The highest BCUT2D eigenvalue weighted by Gasteiger charge is 2.32. The van der Waals surface area contributed by atoms with E-state index in [0.717, 1.165) is 24.1 Å². The predicted molar refractivity (Wildman–Crippen MR) is 122 cm³/mol. The van der Waals surface area contributed by atoms with Gasteiger partial charge in [-0.15, -0.1) is 0 Å². The molecule has 3 rings (SSSR count). The Labute approximate surface area is 188 Å². The van der Waals surface area contributed by atoms with Gasteiger partial charge in [0.2, 0.25) is 5.91 Å². The van der Waals surface area contributed by atoms with E-state index in [0.29, 0.717) is 9.23 Å². The van der Waals surface area contributed by atoms with Crippen LogP contribution in [-0.2, 0) is 16.0 Å². The minimum absolute atomic E-state index is 0.0353. The molecule has 2 N–H and O–H groups in total. The number of carboxylic acid groups (broad SMARTS) is 1. The van der Waals surface area contributed by atoms with E-state index in [2.05, 4.69) is 12.2 Å². The molecule has 0 bridgehead atoms. The number of nitrogens with one attached hydrogen (secondary N) is 1. The molecule has 0 radical (unpaired) electrons. The van der Waals surface area contributed by atoms with Crippen molar-refractivity contribution < 1.29 is 24.6 Å². The molecule has 0 unspecified atom stereocenters. The minimum Gasteiger partial charge on any atom is -0.872 e. The molecule has 2 aromatic rings. The number of hydrogen-bond donors (Lipinski definition) is 2. The lowest BCUT2D eigenvalue weighted by atomic mass is 10.1. The minimum atomic E-state index is -1.37. The fourth-order valence-electron chi connectivity index (χ4n) is 2.91. The van der Waals surface area contributed by atoms with Crippen LogP contribution in [0, 0.1) is 0 Å². The number of carbonyl (C=O) groups excluding carboxylic acids is 2. The van der Waals surface area contributed by atoms with Crippen molar-refractivity contribution in [2.75, 3.05) is 11.9 Å². The number of thioether (sulfide) groups is 1. The normalized spacial score (nSPS) is 14.9. The van der Waals surface area contributed by atoms with Gasteiger partial charge in [-0.2, -0.15) is 0 Å². The summed E-state index contributed by atoms with van der Waals surface area (Å²) in [5.41, 5.74) is 1.87. The Kier molecular flexibility index (Phi) is 7.09. The van der Waals surface area contributed by atoms with Crippen molar-refractivity contribution in [2.24, 2.45) is 0 Å². The maximum absolute atomic E-state index is 12.7. The van der Waals surface area contributed by atoms with Crippen molar-refractivity contribution in [3.63, 3.8) is 0 Å². The summed E-state index contributed by atoms with van der Waals surface area (Å²) in [6.45, 7) is 2.16. The van der Waals surface area contributed by atoms with Gasteiger partial charge in [-0.3, -0.25) is 14.5 Å². The molecule has 1 aliphatic rings. The van der Waals surface area contributed by atoms with Crippen molar-refractivity contribution in [3.05, 3.63) is 64.1 Å². The standard InChI is InChI=1S/C22H20N2O5S2/c1-2-13-3-5-14(6-4-13)11-18-20(27)24(22(30)31-18)10-9-19(26)23-15-7-8-17(25)16(12-15)21(28)29/h3-8,11-12,25H,2,9-10H2,1H3,(H,23,26)(H,28,29)/p-1/b18-11+. The lowest BCUT2D eigenvalue weighted by molar-refractivity contribution is -0.268. The molecule has 9 heteroatoms. The van der Waals surface area contributed by atoms with E-state index >= 15 is 0 Å². The third kappa shape index (κ3) is 5.50. The van der Waals surface area contributed by atoms with E-state index in [1.807, 2.05) is 24.3 Å². The molecule has 160 valence electrons. The predicted octanol–water partition coefficient (Wildman–Crippen LogP) is 3.25. The van der Waals surface area contributed by atoms with E-state index in [1.165, 1.54) is 28.3 Å². The van der Waals surface area contributed by atoms with E-state index in [-0.39, 0.29) is 24.6 Å². The number of aromatic carboxylic acids is 1. The number of benzene rings is 2. The average molecular weight is 456 g/mol. The van der Waals surface area contributed by atoms with Crippen LogP contribution in [0.1, 0.15) is 34.8 Å². The average Bonchev–Trinajstić information content (AvgIpc) is 3.00. The summed E-state index contributed by atoms with van der Waals surface area (Å²) < 4.78 is 0.373. The van der Waals surface area contributed by atoms with Crippen molar-refractivity contribution in [1.29, 1.82) is 0 Å². The molecule has 1 aliphatic heterocycles. The van der Waals surface area contributed by atoms with Gasteiger partial charge in [0.05, 0.1) is 10.5 Å². The van der Waals surface area contributed by atoms with Gasteiger partial charge < -0.3 is 15.5 Å². The zero-order valence-electron chi connectivity index (χ0n) is 16.6. The quantitative estimate of drug-likeness (QED) is 0.487. The molecule has 2 amide bonds. The van der Waals surface area contributed by atoms with Crippen LogP contribution < -0.4 is 10.4 Å². The lowest BCUT2D eigenvalue weighted by Gasteiger charge is -2.15. The van der Waals surface area contributed by atoms with Crippen LogP contribution in [0.25, 0.3) is 6.08 Å². The monoisotopic (exact) mass is 455 g/mol. The molecule has 0 aromatic heterocycles. The number of carboxylic acids is 1. The van der Waals surface area contributed by atoms with Crippen LogP contribution in [-0.4, -0.2) is 38.7 Å². The Hall–Kier alpha value is -3.17. The molecule has 0 atom stereocenters. The number of anilines is 1. The second-order valence-electron chi connectivity index (χ2n) is 6.74. The molecule has 1 heterocycles. The van der Waals surface area contributed by atoms with Crippen molar-refractivity contribution in [1.82, 2.24) is 4.90 Å². The van der Waals surface area contributed by atoms with Crippen LogP contribution in [0.3, 0.4) is 0 Å². The first-order chi connectivity index (χ1) is 14.8. The second kappa shape index (κ2) is 9.76. The van der Waals surface area contributed by atoms with E-state index in [9.17, 15) is 19.5 Å². The summed E-state index contributed by atoms with van der Waals surface area (Å²) in [5.74, 6) is -2.69. The first-order valence-corrected chi connectivity index (χ1v) is 10.7. The summed E-state index contributed by atoms with van der Waals surface area (Å²) in [5, 5.41) is 23.0.